The molecule has 17 heavy (non-hydrogen) atoms. The molecule has 4 heteroatoms. The van der Waals surface area contributed by atoms with Gasteiger partial charge < -0.3 is 0 Å². The highest BCUT2D eigenvalue weighted by molar-refractivity contribution is 6.30. The summed E-state index contributed by atoms with van der Waals surface area (Å²) in [4.78, 5) is 0. The Kier molecular flexibility index (Phi) is 5.89. The molecular formula is C13H20ClFN2. The molecule has 1 rings (SSSR count). The van der Waals surface area contributed by atoms with E-state index >= 15 is 0 Å². The number of halogens is 2. The molecule has 0 saturated carbocycles. The summed E-state index contributed by atoms with van der Waals surface area (Å²) in [5.74, 6) is 5.72. The molecule has 0 fully saturated rings. The summed E-state index contributed by atoms with van der Waals surface area (Å²) in [6, 6.07) is 4.55. The predicted octanol–water partition coefficient (Wildman–Crippen LogP) is 3.81. The van der Waals surface area contributed by atoms with Crippen LogP contribution >= 0.6 is 11.6 Å². The number of hydrazine groups is 1. The van der Waals surface area contributed by atoms with Gasteiger partial charge in [0.25, 0.3) is 0 Å². The van der Waals surface area contributed by atoms with Crippen molar-refractivity contribution in [2.24, 2.45) is 11.8 Å². The van der Waals surface area contributed by atoms with Crippen molar-refractivity contribution in [1.82, 2.24) is 5.43 Å². The first-order chi connectivity index (χ1) is 8.08. The van der Waals surface area contributed by atoms with Crippen LogP contribution in [0.1, 0.15) is 44.7 Å². The molecule has 0 bridgehead atoms. The second-order valence-corrected chi connectivity index (χ2v) is 4.95. The van der Waals surface area contributed by atoms with Gasteiger partial charge in [0.1, 0.15) is 5.82 Å². The maximum atomic E-state index is 13.7. The van der Waals surface area contributed by atoms with Gasteiger partial charge in [-0.15, -0.1) is 0 Å². The summed E-state index contributed by atoms with van der Waals surface area (Å²) in [6.45, 7) is 4.30. The van der Waals surface area contributed by atoms with Crippen LogP contribution in [0.25, 0.3) is 0 Å². The fraction of sp³-hybridized carbons (Fsp3) is 0.538. The van der Waals surface area contributed by atoms with Gasteiger partial charge in [0.2, 0.25) is 0 Å². The minimum absolute atomic E-state index is 0.159. The van der Waals surface area contributed by atoms with E-state index in [9.17, 15) is 4.39 Å². The van der Waals surface area contributed by atoms with E-state index < -0.39 is 0 Å². The van der Waals surface area contributed by atoms with Gasteiger partial charge in [-0.3, -0.25) is 11.3 Å². The molecule has 96 valence electrons. The second-order valence-electron chi connectivity index (χ2n) is 4.51. The van der Waals surface area contributed by atoms with Crippen molar-refractivity contribution in [3.05, 3.63) is 34.6 Å². The molecule has 0 radical (unpaired) electrons. The summed E-state index contributed by atoms with van der Waals surface area (Å²) in [5.41, 5.74) is 3.27. The van der Waals surface area contributed by atoms with E-state index in [1.807, 2.05) is 0 Å². The van der Waals surface area contributed by atoms with Crippen LogP contribution in [-0.4, -0.2) is 0 Å². The van der Waals surface area contributed by atoms with Crippen molar-refractivity contribution in [3.63, 3.8) is 0 Å². The third-order valence-electron chi connectivity index (χ3n) is 2.96. The van der Waals surface area contributed by atoms with Gasteiger partial charge in [-0.05, 0) is 24.5 Å². The Morgan fingerprint density at radius 1 is 1.47 bits per heavy atom. The van der Waals surface area contributed by atoms with Crippen LogP contribution in [0.4, 0.5) is 4.39 Å². The number of nitrogens with two attached hydrogens (primary N) is 1. The Balaban J connectivity index is 2.79. The van der Waals surface area contributed by atoms with E-state index in [0.717, 1.165) is 19.3 Å². The third-order valence-corrected chi connectivity index (χ3v) is 3.19. The average Bonchev–Trinajstić information content (AvgIpc) is 2.27. The molecular weight excluding hydrogens is 239 g/mol. The zero-order valence-electron chi connectivity index (χ0n) is 10.3. The maximum Gasteiger partial charge on any atom is 0.129 e. The summed E-state index contributed by atoms with van der Waals surface area (Å²) in [7, 11) is 0. The van der Waals surface area contributed by atoms with E-state index in [0.29, 0.717) is 16.5 Å². The molecule has 0 saturated heterocycles. The van der Waals surface area contributed by atoms with Crippen LogP contribution in [0.15, 0.2) is 18.2 Å². The topological polar surface area (TPSA) is 38.0 Å². The standard InChI is InChI=1S/C13H20ClFN2/c1-3-4-9(2)7-13(17-16)11-6-5-10(14)8-12(11)15/h5-6,8-9,13,17H,3-4,7,16H2,1-2H3. The fourth-order valence-electron chi connectivity index (χ4n) is 2.08. The first kappa shape index (κ1) is 14.4. The normalized spacial score (nSPS) is 14.6. The Morgan fingerprint density at radius 3 is 2.71 bits per heavy atom. The Morgan fingerprint density at radius 2 is 2.18 bits per heavy atom. The first-order valence-electron chi connectivity index (χ1n) is 5.99. The zero-order chi connectivity index (χ0) is 12.8. The van der Waals surface area contributed by atoms with Gasteiger partial charge in [0.15, 0.2) is 0 Å². The Hall–Kier alpha value is -0.640. The van der Waals surface area contributed by atoms with E-state index in [4.69, 9.17) is 17.4 Å². The van der Waals surface area contributed by atoms with Gasteiger partial charge in [0.05, 0.1) is 0 Å². The molecule has 0 aliphatic carbocycles. The van der Waals surface area contributed by atoms with E-state index in [1.54, 1.807) is 12.1 Å². The largest absolute Gasteiger partial charge is 0.271 e. The molecule has 0 aliphatic heterocycles. The lowest BCUT2D eigenvalue weighted by molar-refractivity contribution is 0.385. The van der Waals surface area contributed by atoms with E-state index in [-0.39, 0.29) is 11.9 Å². The monoisotopic (exact) mass is 258 g/mol. The molecule has 3 N–H and O–H groups in total. The lowest BCUT2D eigenvalue weighted by Crippen LogP contribution is -2.30. The molecule has 2 unspecified atom stereocenters. The lowest BCUT2D eigenvalue weighted by atomic mass is 9.93. The molecule has 1 aromatic rings. The molecule has 0 amide bonds. The van der Waals surface area contributed by atoms with Crippen molar-refractivity contribution in [2.45, 2.75) is 39.2 Å². The van der Waals surface area contributed by atoms with Crippen LogP contribution in [0, 0.1) is 11.7 Å². The van der Waals surface area contributed by atoms with Gasteiger partial charge in [0, 0.05) is 16.6 Å². The molecule has 2 nitrogen and oxygen atoms in total. The van der Waals surface area contributed by atoms with Gasteiger partial charge in [-0.2, -0.15) is 0 Å². The molecule has 0 spiro atoms. The molecule has 0 heterocycles. The summed E-state index contributed by atoms with van der Waals surface area (Å²) in [5, 5.41) is 0.406. The zero-order valence-corrected chi connectivity index (χ0v) is 11.1. The van der Waals surface area contributed by atoms with Crippen LogP contribution in [0.5, 0.6) is 0 Å². The van der Waals surface area contributed by atoms with Gasteiger partial charge in [-0.25, -0.2) is 4.39 Å². The van der Waals surface area contributed by atoms with Crippen LogP contribution in [0.2, 0.25) is 5.02 Å². The molecule has 0 aliphatic rings. The quantitative estimate of drug-likeness (QED) is 0.602. The molecule has 0 aromatic heterocycles. The Bertz CT molecular complexity index is 357. The van der Waals surface area contributed by atoms with E-state index in [1.165, 1.54) is 6.07 Å². The van der Waals surface area contributed by atoms with Crippen LogP contribution in [0.3, 0.4) is 0 Å². The second kappa shape index (κ2) is 6.94. The Labute approximate surface area is 107 Å². The van der Waals surface area contributed by atoms with Crippen molar-refractivity contribution in [3.8, 4) is 0 Å². The maximum absolute atomic E-state index is 13.7. The molecule has 1 aromatic carbocycles. The first-order valence-corrected chi connectivity index (χ1v) is 6.37. The number of nitrogens with one attached hydrogen (secondary N) is 1. The minimum atomic E-state index is -0.302. The number of hydrogen-bond acceptors (Lipinski definition) is 2. The fourth-order valence-corrected chi connectivity index (χ4v) is 2.24. The number of rotatable bonds is 6. The van der Waals surface area contributed by atoms with Crippen LogP contribution < -0.4 is 11.3 Å². The highest BCUT2D eigenvalue weighted by Gasteiger charge is 2.17. The number of benzene rings is 1. The number of hydrogen-bond donors (Lipinski definition) is 2. The minimum Gasteiger partial charge on any atom is -0.271 e. The average molecular weight is 259 g/mol. The molecule has 2 atom stereocenters. The van der Waals surface area contributed by atoms with Gasteiger partial charge >= 0.3 is 0 Å². The third kappa shape index (κ3) is 4.26. The van der Waals surface area contributed by atoms with Crippen molar-refractivity contribution in [1.29, 1.82) is 0 Å². The SMILES string of the molecule is CCCC(C)CC(NN)c1ccc(Cl)cc1F. The van der Waals surface area contributed by atoms with Crippen molar-refractivity contribution < 1.29 is 4.39 Å². The van der Waals surface area contributed by atoms with Crippen molar-refractivity contribution >= 4 is 11.6 Å². The predicted molar refractivity (Wildman–Crippen MR) is 70.2 cm³/mol. The van der Waals surface area contributed by atoms with Crippen molar-refractivity contribution in [2.75, 3.05) is 0 Å². The summed E-state index contributed by atoms with van der Waals surface area (Å²) in [6.07, 6.45) is 3.07. The summed E-state index contributed by atoms with van der Waals surface area (Å²) < 4.78 is 13.7. The smallest absolute Gasteiger partial charge is 0.129 e. The highest BCUT2D eigenvalue weighted by Crippen LogP contribution is 2.26. The lowest BCUT2D eigenvalue weighted by Gasteiger charge is -2.21. The summed E-state index contributed by atoms with van der Waals surface area (Å²) >= 11 is 5.73. The van der Waals surface area contributed by atoms with Gasteiger partial charge in [-0.1, -0.05) is 44.4 Å². The van der Waals surface area contributed by atoms with Crippen LogP contribution in [-0.2, 0) is 0 Å². The highest BCUT2D eigenvalue weighted by atomic mass is 35.5. The van der Waals surface area contributed by atoms with E-state index in [2.05, 4.69) is 19.3 Å².